The second-order valence-corrected chi connectivity index (χ2v) is 7.30. The van der Waals surface area contributed by atoms with Crippen molar-refractivity contribution >= 4 is 5.78 Å². The van der Waals surface area contributed by atoms with Crippen molar-refractivity contribution in [2.24, 2.45) is 5.92 Å². The topological polar surface area (TPSA) is 26.3 Å². The normalized spacial score (nSPS) is 12.1. The molecule has 0 saturated carbocycles. The van der Waals surface area contributed by atoms with Crippen LogP contribution in [-0.2, 0) is 10.2 Å². The van der Waals surface area contributed by atoms with Gasteiger partial charge in [0.05, 0.1) is 6.10 Å². The van der Waals surface area contributed by atoms with Gasteiger partial charge in [-0.2, -0.15) is 0 Å². The summed E-state index contributed by atoms with van der Waals surface area (Å²) in [6.45, 7) is 16.5. The number of Topliss-reactive ketones (excluding diaryl/α,β-unsaturated/α-hetero) is 1. The lowest BCUT2D eigenvalue weighted by Gasteiger charge is -2.30. The van der Waals surface area contributed by atoms with Gasteiger partial charge in [-0.25, -0.2) is 0 Å². The molecular formula is C19H30O2. The van der Waals surface area contributed by atoms with Gasteiger partial charge >= 0.3 is 0 Å². The van der Waals surface area contributed by atoms with E-state index in [4.69, 9.17) is 4.74 Å². The first kappa shape index (κ1) is 17.7. The van der Waals surface area contributed by atoms with Gasteiger partial charge in [-0.1, -0.05) is 33.8 Å². The quantitative estimate of drug-likeness (QED) is 0.738. The molecule has 2 heteroatoms. The Bertz CT molecular complexity index is 511. The second-order valence-electron chi connectivity index (χ2n) is 7.30. The Kier molecular flexibility index (Phi) is 5.61. The number of carbonyl (C=O) groups excluding carboxylic acids is 1. The number of ether oxygens (including phenoxy) is 1. The Hall–Kier alpha value is -1.31. The van der Waals surface area contributed by atoms with E-state index < -0.39 is 0 Å². The molecule has 0 aliphatic heterocycles. The van der Waals surface area contributed by atoms with Gasteiger partial charge < -0.3 is 4.74 Å². The van der Waals surface area contributed by atoms with E-state index in [0.717, 1.165) is 11.3 Å². The minimum Gasteiger partial charge on any atom is -0.491 e. The first-order valence-corrected chi connectivity index (χ1v) is 7.85. The Morgan fingerprint density at radius 1 is 1.14 bits per heavy atom. The van der Waals surface area contributed by atoms with Gasteiger partial charge in [-0.05, 0) is 44.9 Å². The van der Waals surface area contributed by atoms with Crippen molar-refractivity contribution in [1.29, 1.82) is 0 Å². The van der Waals surface area contributed by atoms with E-state index >= 15 is 0 Å². The molecule has 0 fully saturated rings. The summed E-state index contributed by atoms with van der Waals surface area (Å²) in [5.41, 5.74) is 3.34. The molecule has 2 nitrogen and oxygen atoms in total. The number of hydrogen-bond donors (Lipinski definition) is 0. The zero-order valence-electron chi connectivity index (χ0n) is 14.8. The second kappa shape index (κ2) is 6.64. The molecule has 0 aliphatic carbocycles. The summed E-state index contributed by atoms with van der Waals surface area (Å²) in [7, 11) is 0. The van der Waals surface area contributed by atoms with Crippen LogP contribution in [0.1, 0.15) is 64.7 Å². The summed E-state index contributed by atoms with van der Waals surface area (Å²) in [5.74, 6) is 1.30. The van der Waals surface area contributed by atoms with E-state index in [2.05, 4.69) is 39.8 Å². The van der Waals surface area contributed by atoms with Crippen LogP contribution >= 0.6 is 0 Å². The fourth-order valence-electron chi connectivity index (χ4n) is 2.87. The lowest BCUT2D eigenvalue weighted by atomic mass is 9.76. The highest BCUT2D eigenvalue weighted by molar-refractivity contribution is 5.82. The van der Waals surface area contributed by atoms with Crippen LogP contribution in [0.2, 0.25) is 0 Å². The van der Waals surface area contributed by atoms with E-state index in [0.29, 0.717) is 12.2 Å². The van der Waals surface area contributed by atoms with Gasteiger partial charge in [-0.15, -0.1) is 0 Å². The van der Waals surface area contributed by atoms with E-state index in [9.17, 15) is 4.79 Å². The number of hydrogen-bond acceptors (Lipinski definition) is 2. The van der Waals surface area contributed by atoms with Crippen LogP contribution in [0, 0.1) is 19.8 Å². The van der Waals surface area contributed by atoms with Crippen LogP contribution < -0.4 is 4.74 Å². The molecule has 0 atom stereocenters. The molecule has 0 N–H and O–H groups in total. The molecule has 0 unspecified atom stereocenters. The lowest BCUT2D eigenvalue weighted by Crippen LogP contribution is -2.26. The van der Waals surface area contributed by atoms with Gasteiger partial charge in [0.15, 0.2) is 0 Å². The average Bonchev–Trinajstić information content (AvgIpc) is 2.24. The Balaban J connectivity index is 3.29. The SMILES string of the molecule is Cc1cc(C)c(C(C)(C)CC(=O)C(C)C)c(OC(C)C)c1. The molecule has 21 heavy (non-hydrogen) atoms. The standard InChI is InChI=1S/C19H30O2/c1-12(2)16(20)11-19(7,8)18-15(6)9-14(5)10-17(18)21-13(3)4/h9-10,12-13H,11H2,1-8H3. The predicted octanol–water partition coefficient (Wildman–Crippen LogP) is 4.98. The van der Waals surface area contributed by atoms with Gasteiger partial charge in [0.25, 0.3) is 0 Å². The van der Waals surface area contributed by atoms with Crippen molar-refractivity contribution < 1.29 is 9.53 Å². The highest BCUT2D eigenvalue weighted by Gasteiger charge is 2.30. The first-order chi connectivity index (χ1) is 9.54. The van der Waals surface area contributed by atoms with Crippen molar-refractivity contribution in [2.45, 2.75) is 73.3 Å². The van der Waals surface area contributed by atoms with Gasteiger partial charge in [-0.3, -0.25) is 4.79 Å². The van der Waals surface area contributed by atoms with Crippen molar-refractivity contribution in [3.63, 3.8) is 0 Å². The Morgan fingerprint density at radius 3 is 2.19 bits per heavy atom. The number of benzene rings is 1. The smallest absolute Gasteiger partial charge is 0.136 e. The molecule has 0 saturated heterocycles. The number of ketones is 1. The number of rotatable bonds is 6. The molecule has 0 radical (unpaired) electrons. The van der Waals surface area contributed by atoms with Crippen LogP contribution in [0.5, 0.6) is 5.75 Å². The summed E-state index contributed by atoms with van der Waals surface area (Å²) in [4.78, 5) is 12.2. The van der Waals surface area contributed by atoms with Crippen molar-refractivity contribution in [2.75, 3.05) is 0 Å². The van der Waals surface area contributed by atoms with Crippen LogP contribution in [-0.4, -0.2) is 11.9 Å². The molecule has 0 amide bonds. The summed E-state index contributed by atoms with van der Waals surface area (Å²) < 4.78 is 6.02. The predicted molar refractivity (Wildman–Crippen MR) is 89.2 cm³/mol. The van der Waals surface area contributed by atoms with Crippen LogP contribution in [0.3, 0.4) is 0 Å². The Labute approximate surface area is 129 Å². The minimum atomic E-state index is -0.219. The van der Waals surface area contributed by atoms with Gasteiger partial charge in [0.1, 0.15) is 11.5 Å². The summed E-state index contributed by atoms with van der Waals surface area (Å²) in [6.07, 6.45) is 0.671. The molecule has 0 aliphatic rings. The maximum absolute atomic E-state index is 12.2. The summed E-state index contributed by atoms with van der Waals surface area (Å²) in [6, 6.07) is 4.26. The molecule has 0 spiro atoms. The van der Waals surface area contributed by atoms with E-state index in [1.165, 1.54) is 11.1 Å². The third-order valence-electron chi connectivity index (χ3n) is 3.74. The highest BCUT2D eigenvalue weighted by Crippen LogP contribution is 2.38. The third kappa shape index (κ3) is 4.59. The van der Waals surface area contributed by atoms with Gasteiger partial charge in [0.2, 0.25) is 0 Å². The van der Waals surface area contributed by atoms with Crippen molar-refractivity contribution in [3.8, 4) is 5.75 Å². The largest absolute Gasteiger partial charge is 0.491 e. The molecule has 0 heterocycles. The molecule has 0 aromatic heterocycles. The highest BCUT2D eigenvalue weighted by atomic mass is 16.5. The zero-order chi connectivity index (χ0) is 16.4. The monoisotopic (exact) mass is 290 g/mol. The van der Waals surface area contributed by atoms with E-state index in [1.54, 1.807) is 0 Å². The zero-order valence-corrected chi connectivity index (χ0v) is 14.8. The Morgan fingerprint density at radius 2 is 1.71 bits per heavy atom. The number of carbonyl (C=O) groups is 1. The minimum absolute atomic E-state index is 0.0736. The molecular weight excluding hydrogens is 260 g/mol. The summed E-state index contributed by atoms with van der Waals surface area (Å²) >= 11 is 0. The maximum atomic E-state index is 12.2. The van der Waals surface area contributed by atoms with Crippen LogP contribution in [0.4, 0.5) is 0 Å². The molecule has 0 bridgehead atoms. The third-order valence-corrected chi connectivity index (χ3v) is 3.74. The summed E-state index contributed by atoms with van der Waals surface area (Å²) in [5, 5.41) is 0. The molecule has 1 aromatic carbocycles. The number of aryl methyl sites for hydroxylation is 2. The van der Waals surface area contributed by atoms with Gasteiger partial charge in [0, 0.05) is 23.3 Å². The molecule has 118 valence electrons. The van der Waals surface area contributed by atoms with E-state index in [-0.39, 0.29) is 17.4 Å². The van der Waals surface area contributed by atoms with E-state index in [1.807, 2.05) is 27.7 Å². The fraction of sp³-hybridized carbons (Fsp3) is 0.632. The van der Waals surface area contributed by atoms with Crippen molar-refractivity contribution in [1.82, 2.24) is 0 Å². The van der Waals surface area contributed by atoms with Crippen LogP contribution in [0.15, 0.2) is 12.1 Å². The molecule has 1 aromatic rings. The maximum Gasteiger partial charge on any atom is 0.136 e. The van der Waals surface area contributed by atoms with Crippen molar-refractivity contribution in [3.05, 3.63) is 28.8 Å². The fourth-order valence-corrected chi connectivity index (χ4v) is 2.87. The average molecular weight is 290 g/mol. The van der Waals surface area contributed by atoms with Crippen LogP contribution in [0.25, 0.3) is 0 Å². The molecule has 1 rings (SSSR count). The lowest BCUT2D eigenvalue weighted by molar-refractivity contribution is -0.122. The first-order valence-electron chi connectivity index (χ1n) is 7.85.